The molecule has 3 rings (SSSR count). The first kappa shape index (κ1) is 13.8. The number of rotatable bonds is 3. The number of hydrogen-bond acceptors (Lipinski definition) is 5. The molecule has 0 amide bonds. The summed E-state index contributed by atoms with van der Waals surface area (Å²) >= 11 is 0. The maximum atomic E-state index is 5.98. The number of fused-ring (bicyclic) bond motifs is 1. The van der Waals surface area contributed by atoms with E-state index in [9.17, 15) is 0 Å². The third-order valence-corrected chi connectivity index (χ3v) is 3.61. The lowest BCUT2D eigenvalue weighted by molar-refractivity contribution is 0.242. The molecule has 0 unspecified atom stereocenters. The Kier molecular flexibility index (Phi) is 3.51. The fourth-order valence-corrected chi connectivity index (χ4v) is 2.56. The first-order valence-electron chi connectivity index (χ1n) is 7.10. The summed E-state index contributed by atoms with van der Waals surface area (Å²) in [6, 6.07) is 8.17. The highest BCUT2D eigenvalue weighted by Gasteiger charge is 2.25. The van der Waals surface area contributed by atoms with E-state index in [4.69, 9.17) is 10.5 Å². The van der Waals surface area contributed by atoms with E-state index in [0.29, 0.717) is 12.5 Å². The van der Waals surface area contributed by atoms with E-state index in [-0.39, 0.29) is 6.10 Å². The van der Waals surface area contributed by atoms with Gasteiger partial charge < -0.3 is 15.4 Å². The number of hydrogen-bond donors (Lipinski definition) is 1. The van der Waals surface area contributed by atoms with Gasteiger partial charge in [0.1, 0.15) is 11.9 Å². The Morgan fingerprint density at radius 1 is 1.33 bits per heavy atom. The number of anilines is 1. The monoisotopic (exact) mass is 284 g/mol. The zero-order valence-electron chi connectivity index (χ0n) is 12.6. The highest BCUT2D eigenvalue weighted by atomic mass is 16.5. The summed E-state index contributed by atoms with van der Waals surface area (Å²) in [6.45, 7) is 2.50. The van der Waals surface area contributed by atoms with Crippen molar-refractivity contribution in [3.63, 3.8) is 0 Å². The maximum absolute atomic E-state index is 5.98. The second-order valence-electron chi connectivity index (χ2n) is 5.56. The summed E-state index contributed by atoms with van der Waals surface area (Å²) in [7, 11) is 3.88. The standard InChI is InChI=1S/C16H20N4O/c1-10-7-14(19-16(18-10)20(2)3)13-6-4-5-11-8-12(9-17)21-15(11)13/h4-7,12H,8-9,17H2,1-3H3/t12-/m0/s1. The Morgan fingerprint density at radius 3 is 2.86 bits per heavy atom. The Balaban J connectivity index is 2.09. The van der Waals surface area contributed by atoms with E-state index in [1.165, 1.54) is 5.56 Å². The topological polar surface area (TPSA) is 64.3 Å². The molecule has 0 saturated heterocycles. The molecule has 2 aromatic rings. The Morgan fingerprint density at radius 2 is 2.14 bits per heavy atom. The van der Waals surface area contributed by atoms with E-state index >= 15 is 0 Å². The lowest BCUT2D eigenvalue weighted by atomic mass is 10.0. The number of aryl methyl sites for hydroxylation is 1. The average molecular weight is 284 g/mol. The van der Waals surface area contributed by atoms with E-state index in [1.54, 1.807) is 0 Å². The normalized spacial score (nSPS) is 16.5. The van der Waals surface area contributed by atoms with E-state index < -0.39 is 0 Å². The number of aromatic nitrogens is 2. The predicted molar refractivity (Wildman–Crippen MR) is 83.7 cm³/mol. The largest absolute Gasteiger partial charge is 0.488 e. The quantitative estimate of drug-likeness (QED) is 0.930. The summed E-state index contributed by atoms with van der Waals surface area (Å²) in [6.07, 6.45) is 0.932. The minimum atomic E-state index is 0.0670. The second kappa shape index (κ2) is 5.33. The lowest BCUT2D eigenvalue weighted by Crippen LogP contribution is -2.24. The molecule has 1 aliphatic rings. The molecule has 1 atom stereocenters. The number of para-hydroxylation sites is 1. The molecule has 0 spiro atoms. The molecule has 21 heavy (non-hydrogen) atoms. The molecule has 5 nitrogen and oxygen atoms in total. The smallest absolute Gasteiger partial charge is 0.225 e. The molecule has 0 saturated carbocycles. The van der Waals surface area contributed by atoms with Crippen LogP contribution in [-0.4, -0.2) is 36.7 Å². The van der Waals surface area contributed by atoms with Gasteiger partial charge in [0, 0.05) is 38.3 Å². The van der Waals surface area contributed by atoms with Crippen molar-refractivity contribution in [2.75, 3.05) is 25.5 Å². The number of benzene rings is 1. The molecule has 1 aliphatic heterocycles. The molecule has 0 bridgehead atoms. The minimum absolute atomic E-state index is 0.0670. The number of ether oxygens (including phenoxy) is 1. The summed E-state index contributed by atoms with van der Waals surface area (Å²) in [5.41, 5.74) is 9.77. The minimum Gasteiger partial charge on any atom is -0.488 e. The Labute approximate surface area is 124 Å². The molecular weight excluding hydrogens is 264 g/mol. The predicted octanol–water partition coefficient (Wildman–Crippen LogP) is 1.78. The van der Waals surface area contributed by atoms with Gasteiger partial charge in [0.2, 0.25) is 5.95 Å². The van der Waals surface area contributed by atoms with Crippen LogP contribution in [0.3, 0.4) is 0 Å². The van der Waals surface area contributed by atoms with Gasteiger partial charge in [-0.1, -0.05) is 12.1 Å². The van der Waals surface area contributed by atoms with Crippen LogP contribution in [0, 0.1) is 6.92 Å². The van der Waals surface area contributed by atoms with Gasteiger partial charge >= 0.3 is 0 Å². The van der Waals surface area contributed by atoms with Crippen molar-refractivity contribution in [2.45, 2.75) is 19.4 Å². The average Bonchev–Trinajstić information content (AvgIpc) is 2.89. The molecule has 0 aliphatic carbocycles. The summed E-state index contributed by atoms with van der Waals surface area (Å²) in [5.74, 6) is 1.62. The van der Waals surface area contributed by atoms with Crippen molar-refractivity contribution in [3.05, 3.63) is 35.5 Å². The molecule has 5 heteroatoms. The van der Waals surface area contributed by atoms with Gasteiger partial charge in [0.15, 0.2) is 0 Å². The fourth-order valence-electron chi connectivity index (χ4n) is 2.56. The van der Waals surface area contributed by atoms with Crippen LogP contribution in [0.1, 0.15) is 11.3 Å². The van der Waals surface area contributed by atoms with E-state index in [1.807, 2.05) is 44.1 Å². The van der Waals surface area contributed by atoms with Crippen LogP contribution < -0.4 is 15.4 Å². The molecule has 110 valence electrons. The van der Waals surface area contributed by atoms with Gasteiger partial charge in [0.05, 0.1) is 5.69 Å². The maximum Gasteiger partial charge on any atom is 0.225 e. The van der Waals surface area contributed by atoms with Crippen LogP contribution in [-0.2, 0) is 6.42 Å². The van der Waals surface area contributed by atoms with Crippen molar-refractivity contribution >= 4 is 5.95 Å². The van der Waals surface area contributed by atoms with Crippen LogP contribution in [0.5, 0.6) is 5.75 Å². The van der Waals surface area contributed by atoms with Gasteiger partial charge in [0.25, 0.3) is 0 Å². The van der Waals surface area contributed by atoms with Crippen LogP contribution in [0.4, 0.5) is 5.95 Å². The molecular formula is C16H20N4O. The fraction of sp³-hybridized carbons (Fsp3) is 0.375. The van der Waals surface area contributed by atoms with Crippen molar-refractivity contribution in [2.24, 2.45) is 5.73 Å². The molecule has 2 heterocycles. The van der Waals surface area contributed by atoms with Gasteiger partial charge in [-0.2, -0.15) is 0 Å². The van der Waals surface area contributed by atoms with Crippen LogP contribution in [0.15, 0.2) is 24.3 Å². The molecule has 0 radical (unpaired) electrons. The first-order valence-corrected chi connectivity index (χ1v) is 7.10. The Bertz CT molecular complexity index is 669. The van der Waals surface area contributed by atoms with E-state index in [0.717, 1.165) is 29.1 Å². The van der Waals surface area contributed by atoms with Gasteiger partial charge in [-0.15, -0.1) is 0 Å². The zero-order chi connectivity index (χ0) is 15.0. The third kappa shape index (κ3) is 2.56. The highest BCUT2D eigenvalue weighted by Crippen LogP contribution is 2.38. The van der Waals surface area contributed by atoms with Gasteiger partial charge in [-0.25, -0.2) is 9.97 Å². The first-order chi connectivity index (χ1) is 10.1. The highest BCUT2D eigenvalue weighted by molar-refractivity contribution is 5.71. The van der Waals surface area contributed by atoms with E-state index in [2.05, 4.69) is 16.0 Å². The van der Waals surface area contributed by atoms with Gasteiger partial charge in [-0.05, 0) is 24.6 Å². The summed E-state index contributed by atoms with van der Waals surface area (Å²) in [4.78, 5) is 11.0. The zero-order valence-corrected chi connectivity index (χ0v) is 12.6. The second-order valence-corrected chi connectivity index (χ2v) is 5.56. The number of nitrogens with two attached hydrogens (primary N) is 1. The van der Waals surface area contributed by atoms with Crippen molar-refractivity contribution in [1.29, 1.82) is 0 Å². The SMILES string of the molecule is Cc1cc(-c2cccc3c2O[C@H](CN)C3)nc(N(C)C)n1. The summed E-state index contributed by atoms with van der Waals surface area (Å²) in [5, 5.41) is 0. The number of nitrogens with zero attached hydrogens (tertiary/aromatic N) is 3. The molecule has 0 fully saturated rings. The molecule has 2 N–H and O–H groups in total. The van der Waals surface area contributed by atoms with Crippen molar-refractivity contribution in [1.82, 2.24) is 9.97 Å². The van der Waals surface area contributed by atoms with Crippen LogP contribution >= 0.6 is 0 Å². The third-order valence-electron chi connectivity index (χ3n) is 3.61. The molecule has 1 aromatic carbocycles. The lowest BCUT2D eigenvalue weighted by Gasteiger charge is -2.14. The van der Waals surface area contributed by atoms with Gasteiger partial charge in [-0.3, -0.25) is 0 Å². The van der Waals surface area contributed by atoms with Crippen LogP contribution in [0.2, 0.25) is 0 Å². The molecule has 1 aromatic heterocycles. The Hall–Kier alpha value is -2.14. The van der Waals surface area contributed by atoms with Crippen LogP contribution in [0.25, 0.3) is 11.3 Å². The van der Waals surface area contributed by atoms with Crippen molar-refractivity contribution in [3.8, 4) is 17.0 Å². The summed E-state index contributed by atoms with van der Waals surface area (Å²) < 4.78 is 5.98. The van der Waals surface area contributed by atoms with Crippen molar-refractivity contribution < 1.29 is 4.74 Å².